The molecule has 2 saturated heterocycles. The first-order valence-corrected chi connectivity index (χ1v) is 9.76. The number of likely N-dealkylation sites (tertiary alicyclic amines) is 1. The van der Waals surface area contributed by atoms with Crippen LogP contribution in [-0.4, -0.2) is 67.0 Å². The third-order valence-corrected chi connectivity index (χ3v) is 5.49. The van der Waals surface area contributed by atoms with Crippen molar-refractivity contribution < 1.29 is 19.1 Å². The zero-order chi connectivity index (χ0) is 19.2. The van der Waals surface area contributed by atoms with Crippen molar-refractivity contribution in [2.75, 3.05) is 44.3 Å². The van der Waals surface area contributed by atoms with Crippen LogP contribution in [0, 0.1) is 5.92 Å². The third kappa shape index (κ3) is 4.83. The maximum absolute atomic E-state index is 12.3. The molecule has 0 aromatic carbocycles. The van der Waals surface area contributed by atoms with Gasteiger partial charge in [-0.1, -0.05) is 6.58 Å². The molecular weight excluding hydrogens is 370 g/mol. The minimum Gasteiger partial charge on any atom is -0.378 e. The van der Waals surface area contributed by atoms with E-state index in [9.17, 15) is 14.4 Å². The molecule has 2 aliphatic rings. The van der Waals surface area contributed by atoms with E-state index in [1.54, 1.807) is 10.3 Å². The highest BCUT2D eigenvalue weighted by atomic mass is 32.1. The maximum Gasteiger partial charge on any atom is 0.289 e. The van der Waals surface area contributed by atoms with Crippen LogP contribution in [0.25, 0.3) is 0 Å². The number of amides is 3. The molecule has 146 valence electrons. The SMILES string of the molecule is C=CC(=O)N1CCCC(C(=O)NNC(=O)c2csc(N3CCOCC3)n2)C1. The molecule has 2 N–H and O–H groups in total. The average Bonchev–Trinajstić information content (AvgIpc) is 3.22. The van der Waals surface area contributed by atoms with Gasteiger partial charge < -0.3 is 14.5 Å². The van der Waals surface area contributed by atoms with Crippen molar-refractivity contribution in [3.63, 3.8) is 0 Å². The van der Waals surface area contributed by atoms with Gasteiger partial charge in [0.05, 0.1) is 19.1 Å². The smallest absolute Gasteiger partial charge is 0.289 e. The number of hydrogen-bond acceptors (Lipinski definition) is 7. The van der Waals surface area contributed by atoms with Gasteiger partial charge in [-0.05, 0) is 18.9 Å². The van der Waals surface area contributed by atoms with Crippen molar-refractivity contribution in [1.82, 2.24) is 20.7 Å². The summed E-state index contributed by atoms with van der Waals surface area (Å²) in [6, 6.07) is 0. The molecule has 0 spiro atoms. The molecule has 1 aromatic heterocycles. The normalized spacial score (nSPS) is 20.1. The van der Waals surface area contributed by atoms with E-state index in [-0.39, 0.29) is 23.4 Å². The predicted molar refractivity (Wildman–Crippen MR) is 100 cm³/mol. The van der Waals surface area contributed by atoms with E-state index in [0.29, 0.717) is 32.7 Å². The summed E-state index contributed by atoms with van der Waals surface area (Å²) >= 11 is 1.38. The van der Waals surface area contributed by atoms with Gasteiger partial charge in [0.1, 0.15) is 5.69 Å². The number of aromatic nitrogens is 1. The molecule has 3 amide bonds. The van der Waals surface area contributed by atoms with Crippen molar-refractivity contribution in [3.05, 3.63) is 23.7 Å². The summed E-state index contributed by atoms with van der Waals surface area (Å²) in [6.07, 6.45) is 2.65. The number of hydrogen-bond donors (Lipinski definition) is 2. The van der Waals surface area contributed by atoms with Crippen LogP contribution in [0.5, 0.6) is 0 Å². The fourth-order valence-electron chi connectivity index (χ4n) is 3.07. The quantitative estimate of drug-likeness (QED) is 0.558. The summed E-state index contributed by atoms with van der Waals surface area (Å²) < 4.78 is 5.31. The summed E-state index contributed by atoms with van der Waals surface area (Å²) in [5, 5.41) is 2.43. The molecule has 9 nitrogen and oxygen atoms in total. The fourth-order valence-corrected chi connectivity index (χ4v) is 3.93. The Morgan fingerprint density at radius 3 is 2.78 bits per heavy atom. The second-order valence-corrected chi connectivity index (χ2v) is 7.22. The number of piperidine rings is 1. The Morgan fingerprint density at radius 1 is 1.26 bits per heavy atom. The van der Waals surface area contributed by atoms with Crippen molar-refractivity contribution in [2.45, 2.75) is 12.8 Å². The van der Waals surface area contributed by atoms with Gasteiger partial charge in [0.25, 0.3) is 5.91 Å². The molecule has 1 unspecified atom stereocenters. The topological polar surface area (TPSA) is 104 Å². The van der Waals surface area contributed by atoms with Gasteiger partial charge in [-0.15, -0.1) is 11.3 Å². The molecule has 2 aliphatic heterocycles. The fraction of sp³-hybridized carbons (Fsp3) is 0.529. The van der Waals surface area contributed by atoms with Gasteiger partial charge in [-0.25, -0.2) is 4.98 Å². The van der Waals surface area contributed by atoms with Crippen LogP contribution in [0.4, 0.5) is 5.13 Å². The van der Waals surface area contributed by atoms with E-state index in [2.05, 4.69) is 27.3 Å². The highest BCUT2D eigenvalue weighted by Gasteiger charge is 2.28. The predicted octanol–water partition coefficient (Wildman–Crippen LogP) is 0.165. The molecule has 3 heterocycles. The Kier molecular flexibility index (Phi) is 6.40. The molecule has 2 fully saturated rings. The molecule has 10 heteroatoms. The van der Waals surface area contributed by atoms with Crippen LogP contribution in [0.2, 0.25) is 0 Å². The van der Waals surface area contributed by atoms with Gasteiger partial charge >= 0.3 is 0 Å². The van der Waals surface area contributed by atoms with Gasteiger partial charge in [0.2, 0.25) is 11.8 Å². The van der Waals surface area contributed by atoms with Crippen LogP contribution in [-0.2, 0) is 14.3 Å². The number of hydrazine groups is 1. The zero-order valence-electron chi connectivity index (χ0n) is 15.0. The number of morpholine rings is 1. The Bertz CT molecular complexity index is 716. The number of ether oxygens (including phenoxy) is 1. The first-order valence-electron chi connectivity index (χ1n) is 8.88. The number of thiazole rings is 1. The lowest BCUT2D eigenvalue weighted by molar-refractivity contribution is -0.132. The van der Waals surface area contributed by atoms with E-state index >= 15 is 0 Å². The summed E-state index contributed by atoms with van der Waals surface area (Å²) in [6.45, 7) is 7.18. The van der Waals surface area contributed by atoms with Crippen molar-refractivity contribution in [2.24, 2.45) is 5.92 Å². The zero-order valence-corrected chi connectivity index (χ0v) is 15.8. The Labute approximate surface area is 161 Å². The lowest BCUT2D eigenvalue weighted by Crippen LogP contribution is -2.49. The molecule has 0 saturated carbocycles. The van der Waals surface area contributed by atoms with E-state index in [4.69, 9.17) is 4.74 Å². The van der Waals surface area contributed by atoms with Gasteiger partial charge in [-0.3, -0.25) is 25.2 Å². The largest absolute Gasteiger partial charge is 0.378 e. The minimum atomic E-state index is -0.464. The molecule has 1 atom stereocenters. The van der Waals surface area contributed by atoms with Crippen LogP contribution in [0.3, 0.4) is 0 Å². The lowest BCUT2D eigenvalue weighted by atomic mass is 9.97. The molecule has 1 aromatic rings. The number of carbonyl (C=O) groups excluding carboxylic acids is 3. The van der Waals surface area contributed by atoms with Crippen molar-refractivity contribution in [3.8, 4) is 0 Å². The highest BCUT2D eigenvalue weighted by Crippen LogP contribution is 2.21. The summed E-state index contributed by atoms with van der Waals surface area (Å²) in [7, 11) is 0. The molecule has 27 heavy (non-hydrogen) atoms. The molecule has 0 bridgehead atoms. The summed E-state index contributed by atoms with van der Waals surface area (Å²) in [4.78, 5) is 44.3. The Hall–Kier alpha value is -2.46. The maximum atomic E-state index is 12.3. The standard InChI is InChI=1S/C17H23N5O4S/c1-2-14(23)22-5-3-4-12(10-22)15(24)19-20-16(25)13-11-27-17(18-13)21-6-8-26-9-7-21/h2,11-12H,1,3-10H2,(H,19,24)(H,20,25). The van der Waals surface area contributed by atoms with Gasteiger partial charge in [0.15, 0.2) is 5.13 Å². The summed E-state index contributed by atoms with van der Waals surface area (Å²) in [5.74, 6) is -1.32. The Balaban J connectivity index is 1.50. The monoisotopic (exact) mass is 393 g/mol. The summed E-state index contributed by atoms with van der Waals surface area (Å²) in [5.41, 5.74) is 5.11. The molecule has 0 aliphatic carbocycles. The number of nitrogens with zero attached hydrogens (tertiary/aromatic N) is 3. The van der Waals surface area contributed by atoms with Crippen molar-refractivity contribution >= 4 is 34.2 Å². The van der Waals surface area contributed by atoms with Gasteiger partial charge in [-0.2, -0.15) is 0 Å². The van der Waals surface area contributed by atoms with Crippen LogP contribution >= 0.6 is 11.3 Å². The van der Waals surface area contributed by atoms with Crippen LogP contribution in [0.1, 0.15) is 23.3 Å². The van der Waals surface area contributed by atoms with Crippen LogP contribution < -0.4 is 15.8 Å². The van der Waals surface area contributed by atoms with E-state index < -0.39 is 5.91 Å². The van der Waals surface area contributed by atoms with Gasteiger partial charge in [0, 0.05) is 31.6 Å². The van der Waals surface area contributed by atoms with Crippen LogP contribution in [0.15, 0.2) is 18.0 Å². The number of nitrogens with one attached hydrogen (secondary N) is 2. The molecule has 0 radical (unpaired) electrons. The second kappa shape index (κ2) is 8.96. The van der Waals surface area contributed by atoms with E-state index in [0.717, 1.165) is 24.6 Å². The first kappa shape index (κ1) is 19.3. The van der Waals surface area contributed by atoms with E-state index in [1.807, 2.05) is 0 Å². The first-order chi connectivity index (χ1) is 13.1. The number of rotatable bonds is 4. The molecular formula is C17H23N5O4S. The second-order valence-electron chi connectivity index (χ2n) is 6.39. The lowest BCUT2D eigenvalue weighted by Gasteiger charge is -2.31. The number of carbonyl (C=O) groups is 3. The third-order valence-electron chi connectivity index (χ3n) is 4.58. The van der Waals surface area contributed by atoms with Crippen molar-refractivity contribution in [1.29, 1.82) is 0 Å². The Morgan fingerprint density at radius 2 is 2.04 bits per heavy atom. The minimum absolute atomic E-state index is 0.186. The highest BCUT2D eigenvalue weighted by molar-refractivity contribution is 7.13. The van der Waals surface area contributed by atoms with E-state index in [1.165, 1.54) is 17.4 Å². The molecule has 3 rings (SSSR count). The number of anilines is 1. The average molecular weight is 393 g/mol.